The summed E-state index contributed by atoms with van der Waals surface area (Å²) in [4.78, 5) is 27.3. The number of hydrogen-bond donors (Lipinski definition) is 3. The van der Waals surface area contributed by atoms with Gasteiger partial charge in [-0.05, 0) is 35.7 Å². The van der Waals surface area contributed by atoms with Gasteiger partial charge in [0, 0.05) is 38.2 Å². The van der Waals surface area contributed by atoms with Crippen LogP contribution in [0.25, 0.3) is 0 Å². The largest absolute Gasteiger partial charge is 0.473 e. The Morgan fingerprint density at radius 3 is 2.91 bits per heavy atom. The smallest absolute Gasteiger partial charge is 0.271 e. The molecule has 3 aliphatic heterocycles. The fourth-order valence-electron chi connectivity index (χ4n) is 4.54. The van der Waals surface area contributed by atoms with Gasteiger partial charge in [0.15, 0.2) is 0 Å². The summed E-state index contributed by atoms with van der Waals surface area (Å²) in [5.41, 5.74) is 2.54. The number of hydrogen-bond acceptors (Lipinski definition) is 6. The number of benzene rings is 2. The van der Waals surface area contributed by atoms with Gasteiger partial charge in [0.2, 0.25) is 5.60 Å². The molecule has 2 unspecified atom stereocenters. The molecule has 0 radical (unpaired) electrons. The van der Waals surface area contributed by atoms with Crippen molar-refractivity contribution < 1.29 is 24.2 Å². The molecule has 0 bridgehead atoms. The standard InChI is InChI=1S/C24H27N3O5/c28-19(14-27-9-7-16-3-1-2-4-18(16)13-27)12-25-22(29)17-5-6-21-20(11-17)26-23(30)24(32-21)8-10-31-15-24/h1-6,11,19,28H,7-10,12-15H2,(H,25,29)(H,26,30). The molecule has 3 heterocycles. The number of carbonyl (C=O) groups excluding carboxylic acids is 2. The fourth-order valence-corrected chi connectivity index (χ4v) is 4.54. The summed E-state index contributed by atoms with van der Waals surface area (Å²) in [6.07, 6.45) is 0.791. The summed E-state index contributed by atoms with van der Waals surface area (Å²) in [7, 11) is 0. The Bertz CT molecular complexity index is 1030. The van der Waals surface area contributed by atoms with E-state index in [1.807, 2.05) is 6.07 Å². The Morgan fingerprint density at radius 1 is 1.25 bits per heavy atom. The number of nitrogens with one attached hydrogen (secondary N) is 2. The van der Waals surface area contributed by atoms with Crippen LogP contribution in [0.1, 0.15) is 27.9 Å². The number of ether oxygens (including phenoxy) is 2. The van der Waals surface area contributed by atoms with E-state index in [0.29, 0.717) is 36.6 Å². The molecule has 1 saturated heterocycles. The Balaban J connectivity index is 1.16. The van der Waals surface area contributed by atoms with Crippen molar-refractivity contribution in [3.05, 3.63) is 59.2 Å². The maximum absolute atomic E-state index is 12.6. The molecule has 3 N–H and O–H groups in total. The van der Waals surface area contributed by atoms with Crippen LogP contribution in [-0.4, -0.2) is 66.4 Å². The summed E-state index contributed by atoms with van der Waals surface area (Å²) in [6, 6.07) is 13.3. The lowest BCUT2D eigenvalue weighted by Crippen LogP contribution is -2.51. The molecule has 8 nitrogen and oxygen atoms in total. The molecular formula is C24H27N3O5. The van der Waals surface area contributed by atoms with Crippen LogP contribution in [0.3, 0.4) is 0 Å². The van der Waals surface area contributed by atoms with E-state index in [9.17, 15) is 14.7 Å². The highest BCUT2D eigenvalue weighted by Crippen LogP contribution is 2.37. The average Bonchev–Trinajstić information content (AvgIpc) is 3.27. The number of nitrogens with zero attached hydrogens (tertiary/aromatic N) is 1. The zero-order valence-corrected chi connectivity index (χ0v) is 17.8. The van der Waals surface area contributed by atoms with E-state index in [4.69, 9.17) is 9.47 Å². The quantitative estimate of drug-likeness (QED) is 0.653. The van der Waals surface area contributed by atoms with E-state index in [1.165, 1.54) is 11.1 Å². The van der Waals surface area contributed by atoms with Crippen LogP contribution in [0.5, 0.6) is 5.75 Å². The Morgan fingerprint density at radius 2 is 2.09 bits per heavy atom. The second-order valence-electron chi connectivity index (χ2n) is 8.68. The van der Waals surface area contributed by atoms with Gasteiger partial charge in [0.25, 0.3) is 11.8 Å². The van der Waals surface area contributed by atoms with Crippen LogP contribution in [0.4, 0.5) is 5.69 Å². The van der Waals surface area contributed by atoms with Crippen molar-refractivity contribution in [3.63, 3.8) is 0 Å². The number of rotatable bonds is 5. The van der Waals surface area contributed by atoms with Crippen molar-refractivity contribution >= 4 is 17.5 Å². The first-order valence-electron chi connectivity index (χ1n) is 11.0. The SMILES string of the molecule is O=C(NCC(O)CN1CCc2ccccc2C1)c1ccc2c(c1)NC(=O)C1(CCOC1)O2. The zero-order valence-electron chi connectivity index (χ0n) is 17.8. The highest BCUT2D eigenvalue weighted by Gasteiger charge is 2.48. The molecule has 2 atom stereocenters. The van der Waals surface area contributed by atoms with Gasteiger partial charge >= 0.3 is 0 Å². The molecule has 32 heavy (non-hydrogen) atoms. The fraction of sp³-hybridized carbons (Fsp3) is 0.417. The van der Waals surface area contributed by atoms with Crippen molar-refractivity contribution in [2.45, 2.75) is 31.1 Å². The third-order valence-electron chi connectivity index (χ3n) is 6.37. The van der Waals surface area contributed by atoms with Gasteiger partial charge < -0.3 is 25.2 Å². The number of β-amino-alcohol motifs (C(OH)–C–C–N with tert-alkyl or cyclic N) is 1. The first-order valence-corrected chi connectivity index (χ1v) is 11.0. The second-order valence-corrected chi connectivity index (χ2v) is 8.68. The van der Waals surface area contributed by atoms with Crippen LogP contribution >= 0.6 is 0 Å². The molecule has 0 saturated carbocycles. The van der Waals surface area contributed by atoms with Crippen molar-refractivity contribution in [3.8, 4) is 5.75 Å². The summed E-state index contributed by atoms with van der Waals surface area (Å²) in [5.74, 6) is -0.0368. The topological polar surface area (TPSA) is 100 Å². The van der Waals surface area contributed by atoms with E-state index in [1.54, 1.807) is 18.2 Å². The summed E-state index contributed by atoms with van der Waals surface area (Å²) < 4.78 is 11.3. The Labute approximate surface area is 186 Å². The van der Waals surface area contributed by atoms with E-state index in [2.05, 4.69) is 33.7 Å². The molecule has 3 aliphatic rings. The van der Waals surface area contributed by atoms with Crippen molar-refractivity contribution in [2.75, 3.05) is 38.2 Å². The number of aliphatic hydroxyl groups excluding tert-OH is 1. The van der Waals surface area contributed by atoms with E-state index < -0.39 is 11.7 Å². The van der Waals surface area contributed by atoms with Gasteiger partial charge in [0.1, 0.15) is 5.75 Å². The molecule has 1 fully saturated rings. The first kappa shape index (κ1) is 20.9. The normalized spacial score (nSPS) is 23.1. The molecule has 2 aromatic carbocycles. The van der Waals surface area contributed by atoms with Crippen molar-refractivity contribution in [1.82, 2.24) is 10.2 Å². The van der Waals surface area contributed by atoms with Crippen LogP contribution < -0.4 is 15.4 Å². The van der Waals surface area contributed by atoms with Gasteiger partial charge in [0.05, 0.1) is 25.0 Å². The summed E-state index contributed by atoms with van der Waals surface area (Å²) in [5, 5.41) is 16.1. The molecule has 8 heteroatoms. The molecule has 1 spiro atoms. The number of carbonyl (C=O) groups is 2. The van der Waals surface area contributed by atoms with Crippen molar-refractivity contribution in [1.29, 1.82) is 0 Å². The van der Waals surface area contributed by atoms with Gasteiger partial charge in [-0.3, -0.25) is 14.5 Å². The lowest BCUT2D eigenvalue weighted by molar-refractivity contribution is -0.132. The van der Waals surface area contributed by atoms with Crippen molar-refractivity contribution in [2.24, 2.45) is 0 Å². The summed E-state index contributed by atoms with van der Waals surface area (Å²) in [6.45, 7) is 3.04. The monoisotopic (exact) mass is 437 g/mol. The van der Waals surface area contributed by atoms with E-state index in [0.717, 1.165) is 19.5 Å². The molecular weight excluding hydrogens is 410 g/mol. The molecule has 2 amide bonds. The first-order chi connectivity index (χ1) is 15.5. The number of aliphatic hydroxyl groups is 1. The van der Waals surface area contributed by atoms with Gasteiger partial charge in [-0.15, -0.1) is 0 Å². The molecule has 2 aromatic rings. The number of anilines is 1. The Hall–Kier alpha value is -2.94. The average molecular weight is 437 g/mol. The minimum atomic E-state index is -0.976. The van der Waals surface area contributed by atoms with Crippen LogP contribution in [-0.2, 0) is 22.5 Å². The zero-order chi connectivity index (χ0) is 22.1. The third kappa shape index (κ3) is 4.09. The van der Waals surface area contributed by atoms with E-state index >= 15 is 0 Å². The maximum atomic E-state index is 12.6. The lowest BCUT2D eigenvalue weighted by Gasteiger charge is -2.33. The molecule has 168 valence electrons. The third-order valence-corrected chi connectivity index (χ3v) is 6.37. The Kier molecular flexibility index (Phi) is 5.58. The number of amides is 2. The van der Waals surface area contributed by atoms with Gasteiger partial charge in [-0.2, -0.15) is 0 Å². The highest BCUT2D eigenvalue weighted by atomic mass is 16.6. The summed E-state index contributed by atoms with van der Waals surface area (Å²) >= 11 is 0. The number of fused-ring (bicyclic) bond motifs is 2. The predicted octanol–water partition coefficient (Wildman–Crippen LogP) is 1.33. The minimum absolute atomic E-state index is 0.150. The lowest BCUT2D eigenvalue weighted by atomic mass is 9.99. The molecule has 0 aliphatic carbocycles. The van der Waals surface area contributed by atoms with Gasteiger partial charge in [-0.1, -0.05) is 24.3 Å². The highest BCUT2D eigenvalue weighted by molar-refractivity contribution is 6.03. The van der Waals surface area contributed by atoms with E-state index in [-0.39, 0.29) is 25.0 Å². The van der Waals surface area contributed by atoms with Crippen LogP contribution in [0, 0.1) is 0 Å². The predicted molar refractivity (Wildman–Crippen MR) is 118 cm³/mol. The van der Waals surface area contributed by atoms with Crippen LogP contribution in [0.15, 0.2) is 42.5 Å². The molecule has 5 rings (SSSR count). The van der Waals surface area contributed by atoms with Gasteiger partial charge in [-0.25, -0.2) is 0 Å². The van der Waals surface area contributed by atoms with Crippen LogP contribution in [0.2, 0.25) is 0 Å². The molecule has 0 aromatic heterocycles. The second kappa shape index (κ2) is 8.54. The maximum Gasteiger partial charge on any atom is 0.271 e. The minimum Gasteiger partial charge on any atom is -0.473 e.